The summed E-state index contributed by atoms with van der Waals surface area (Å²) in [5.41, 5.74) is 4.36. The van der Waals surface area contributed by atoms with Crippen LogP contribution in [-0.4, -0.2) is 20.2 Å². The molecule has 1 N–H and O–H groups in total. The van der Waals surface area contributed by atoms with Crippen molar-refractivity contribution >= 4 is 11.7 Å². The normalized spacial score (nSPS) is 15.8. The Bertz CT molecular complexity index is 770. The molecule has 2 aromatic rings. The zero-order valence-electron chi connectivity index (χ0n) is 13.6. The van der Waals surface area contributed by atoms with Gasteiger partial charge in [-0.15, -0.1) is 0 Å². The molecule has 5 heteroatoms. The van der Waals surface area contributed by atoms with Crippen molar-refractivity contribution in [3.63, 3.8) is 0 Å². The zero-order valence-corrected chi connectivity index (χ0v) is 13.6. The van der Waals surface area contributed by atoms with E-state index in [-0.39, 0.29) is 0 Å². The van der Waals surface area contributed by atoms with Gasteiger partial charge in [0.1, 0.15) is 5.56 Å². The summed E-state index contributed by atoms with van der Waals surface area (Å²) in [7, 11) is 3.05. The van der Waals surface area contributed by atoms with Crippen LogP contribution in [0.15, 0.2) is 30.3 Å². The highest BCUT2D eigenvalue weighted by atomic mass is 16.6. The Hall–Kier alpha value is -2.69. The summed E-state index contributed by atoms with van der Waals surface area (Å²) in [6.07, 6.45) is -0.543. The lowest BCUT2D eigenvalue weighted by Crippen LogP contribution is -2.11. The number of cyclic esters (lactones) is 1. The monoisotopic (exact) mass is 313 g/mol. The molecular formula is C18H19NO4. The molecule has 3 rings (SSSR count). The maximum atomic E-state index is 12.3. The van der Waals surface area contributed by atoms with Gasteiger partial charge in [0, 0.05) is 11.3 Å². The third-order valence-electron chi connectivity index (χ3n) is 3.96. The maximum absolute atomic E-state index is 12.3. The van der Waals surface area contributed by atoms with Gasteiger partial charge < -0.3 is 19.5 Å². The average Bonchev–Trinajstić information content (AvgIpc) is 2.85. The number of hydrogen-bond acceptors (Lipinski definition) is 5. The minimum Gasteiger partial charge on any atom is -0.493 e. The molecule has 0 saturated carbocycles. The Morgan fingerprint density at radius 3 is 2.52 bits per heavy atom. The summed E-state index contributed by atoms with van der Waals surface area (Å²) in [4.78, 5) is 12.3. The van der Waals surface area contributed by atoms with Gasteiger partial charge in [0.05, 0.1) is 14.2 Å². The second kappa shape index (κ2) is 5.83. The first-order chi connectivity index (χ1) is 11.0. The van der Waals surface area contributed by atoms with Crippen LogP contribution in [0.5, 0.6) is 11.5 Å². The molecule has 0 saturated heterocycles. The first kappa shape index (κ1) is 15.2. The highest BCUT2D eigenvalue weighted by Gasteiger charge is 2.36. The maximum Gasteiger partial charge on any atom is 0.344 e. The van der Waals surface area contributed by atoms with Crippen LogP contribution in [0.1, 0.15) is 33.3 Å². The van der Waals surface area contributed by atoms with Gasteiger partial charge in [-0.25, -0.2) is 4.79 Å². The topological polar surface area (TPSA) is 56.8 Å². The minimum absolute atomic E-state index is 0.403. The van der Waals surface area contributed by atoms with Crippen LogP contribution in [-0.2, 0) is 4.74 Å². The van der Waals surface area contributed by atoms with Crippen molar-refractivity contribution in [2.75, 3.05) is 19.5 Å². The van der Waals surface area contributed by atoms with Gasteiger partial charge in [0.15, 0.2) is 11.5 Å². The number of hydrogen-bond donors (Lipinski definition) is 1. The van der Waals surface area contributed by atoms with Crippen LogP contribution in [0.4, 0.5) is 5.69 Å². The van der Waals surface area contributed by atoms with E-state index in [9.17, 15) is 4.79 Å². The number of benzene rings is 2. The standard InChI is InChI=1S/C18H19NO4/c1-10-5-7-13(11(2)9-10)19-17-12-6-8-14(21-3)16(22-4)15(12)18(20)23-17/h5-9,17,19H,1-4H3/t17-/m0/s1. The molecule has 5 nitrogen and oxygen atoms in total. The van der Waals surface area contributed by atoms with Gasteiger partial charge in [-0.1, -0.05) is 17.7 Å². The minimum atomic E-state index is -0.543. The Kier molecular flexibility index (Phi) is 3.86. The molecule has 2 aromatic carbocycles. The highest BCUT2D eigenvalue weighted by molar-refractivity contribution is 5.98. The largest absolute Gasteiger partial charge is 0.493 e. The number of anilines is 1. The smallest absolute Gasteiger partial charge is 0.344 e. The third-order valence-corrected chi connectivity index (χ3v) is 3.96. The first-order valence-electron chi connectivity index (χ1n) is 7.34. The van der Waals surface area contributed by atoms with Gasteiger partial charge in [-0.2, -0.15) is 0 Å². The molecule has 0 fully saturated rings. The average molecular weight is 313 g/mol. The molecule has 1 atom stereocenters. The van der Waals surface area contributed by atoms with Gasteiger partial charge in [-0.3, -0.25) is 0 Å². The lowest BCUT2D eigenvalue weighted by Gasteiger charge is -2.17. The fourth-order valence-corrected chi connectivity index (χ4v) is 2.82. The van der Waals surface area contributed by atoms with Gasteiger partial charge in [0.25, 0.3) is 0 Å². The predicted octanol–water partition coefficient (Wildman–Crippen LogP) is 3.60. The SMILES string of the molecule is COc1ccc2c(c1OC)C(=O)O[C@@H]2Nc1ccc(C)cc1C. The zero-order chi connectivity index (χ0) is 16.6. The van der Waals surface area contributed by atoms with E-state index < -0.39 is 12.2 Å². The van der Waals surface area contributed by atoms with Crippen LogP contribution in [0.3, 0.4) is 0 Å². The summed E-state index contributed by atoms with van der Waals surface area (Å²) in [5, 5.41) is 3.27. The number of nitrogens with one attached hydrogen (secondary N) is 1. The number of fused-ring (bicyclic) bond motifs is 1. The summed E-state index contributed by atoms with van der Waals surface area (Å²) in [6.45, 7) is 4.06. The van der Waals surface area contributed by atoms with Crippen molar-refractivity contribution < 1.29 is 19.0 Å². The summed E-state index contributed by atoms with van der Waals surface area (Å²) >= 11 is 0. The quantitative estimate of drug-likeness (QED) is 0.874. The molecule has 0 aliphatic carbocycles. The van der Waals surface area contributed by atoms with Crippen LogP contribution < -0.4 is 14.8 Å². The second-order valence-corrected chi connectivity index (χ2v) is 5.51. The van der Waals surface area contributed by atoms with E-state index in [4.69, 9.17) is 14.2 Å². The summed E-state index contributed by atoms with van der Waals surface area (Å²) in [6, 6.07) is 9.67. The number of esters is 1. The Balaban J connectivity index is 1.99. The van der Waals surface area contributed by atoms with Gasteiger partial charge in [-0.05, 0) is 37.6 Å². The molecule has 0 aromatic heterocycles. The third kappa shape index (κ3) is 2.59. The van der Waals surface area contributed by atoms with Crippen molar-refractivity contribution in [2.24, 2.45) is 0 Å². The van der Waals surface area contributed by atoms with E-state index in [0.29, 0.717) is 17.1 Å². The van der Waals surface area contributed by atoms with Crippen molar-refractivity contribution in [2.45, 2.75) is 20.1 Å². The molecule has 1 aliphatic heterocycles. The lowest BCUT2D eigenvalue weighted by molar-refractivity contribution is 0.0435. The Morgan fingerprint density at radius 1 is 1.09 bits per heavy atom. The first-order valence-corrected chi connectivity index (χ1v) is 7.34. The van der Waals surface area contributed by atoms with E-state index in [1.807, 2.05) is 32.0 Å². The number of methoxy groups -OCH3 is 2. The number of carbonyl (C=O) groups excluding carboxylic acids is 1. The van der Waals surface area contributed by atoms with Crippen molar-refractivity contribution in [3.05, 3.63) is 52.6 Å². The van der Waals surface area contributed by atoms with Crippen LogP contribution in [0, 0.1) is 13.8 Å². The van der Waals surface area contributed by atoms with E-state index in [1.165, 1.54) is 19.8 Å². The molecule has 120 valence electrons. The number of rotatable bonds is 4. The van der Waals surface area contributed by atoms with Crippen molar-refractivity contribution in [1.29, 1.82) is 0 Å². The fraction of sp³-hybridized carbons (Fsp3) is 0.278. The fourth-order valence-electron chi connectivity index (χ4n) is 2.82. The van der Waals surface area contributed by atoms with Crippen molar-refractivity contribution in [3.8, 4) is 11.5 Å². The molecule has 0 bridgehead atoms. The van der Waals surface area contributed by atoms with E-state index in [1.54, 1.807) is 6.07 Å². The predicted molar refractivity (Wildman–Crippen MR) is 87.2 cm³/mol. The Labute approximate surface area is 135 Å². The van der Waals surface area contributed by atoms with E-state index >= 15 is 0 Å². The highest BCUT2D eigenvalue weighted by Crippen LogP contribution is 2.42. The number of carbonyl (C=O) groups is 1. The van der Waals surface area contributed by atoms with Gasteiger partial charge in [0.2, 0.25) is 6.23 Å². The molecule has 0 unspecified atom stereocenters. The van der Waals surface area contributed by atoms with E-state index in [2.05, 4.69) is 11.4 Å². The molecule has 23 heavy (non-hydrogen) atoms. The summed E-state index contributed by atoms with van der Waals surface area (Å²) in [5.74, 6) is 0.494. The molecule has 0 spiro atoms. The summed E-state index contributed by atoms with van der Waals surface area (Å²) < 4.78 is 16.1. The molecule has 0 amide bonds. The van der Waals surface area contributed by atoms with E-state index in [0.717, 1.165) is 16.8 Å². The molecular weight excluding hydrogens is 294 g/mol. The molecule has 1 aliphatic rings. The number of aryl methyl sites for hydroxylation is 2. The Morgan fingerprint density at radius 2 is 1.87 bits per heavy atom. The number of ether oxygens (including phenoxy) is 3. The lowest BCUT2D eigenvalue weighted by atomic mass is 10.1. The second-order valence-electron chi connectivity index (χ2n) is 5.51. The van der Waals surface area contributed by atoms with Crippen molar-refractivity contribution in [1.82, 2.24) is 0 Å². The molecule has 0 radical (unpaired) electrons. The van der Waals surface area contributed by atoms with Gasteiger partial charge >= 0.3 is 5.97 Å². The van der Waals surface area contributed by atoms with Crippen LogP contribution in [0.2, 0.25) is 0 Å². The van der Waals surface area contributed by atoms with Crippen LogP contribution in [0.25, 0.3) is 0 Å². The van der Waals surface area contributed by atoms with Crippen LogP contribution >= 0.6 is 0 Å². The molecule has 1 heterocycles.